The van der Waals surface area contributed by atoms with Gasteiger partial charge >= 0.3 is 5.97 Å². The lowest BCUT2D eigenvalue weighted by Gasteiger charge is -2.15. The number of methoxy groups -OCH3 is 1. The summed E-state index contributed by atoms with van der Waals surface area (Å²) in [6, 6.07) is -0.322. The van der Waals surface area contributed by atoms with Crippen molar-refractivity contribution in [1.29, 1.82) is 0 Å². The average molecular weight is 214 g/mol. The summed E-state index contributed by atoms with van der Waals surface area (Å²) < 4.78 is 4.67. The molecule has 86 valence electrons. The van der Waals surface area contributed by atoms with Crippen LogP contribution in [0.15, 0.2) is 0 Å². The van der Waals surface area contributed by atoms with Crippen molar-refractivity contribution < 1.29 is 14.3 Å². The van der Waals surface area contributed by atoms with Crippen LogP contribution in [0.25, 0.3) is 0 Å². The van der Waals surface area contributed by atoms with Gasteiger partial charge < -0.3 is 10.1 Å². The zero-order valence-electron chi connectivity index (χ0n) is 9.21. The Morgan fingerprint density at radius 2 is 2.13 bits per heavy atom. The highest BCUT2D eigenvalue weighted by atomic mass is 16.5. The van der Waals surface area contributed by atoms with E-state index in [0.29, 0.717) is 12.5 Å². The van der Waals surface area contributed by atoms with Crippen molar-refractivity contribution in [3.8, 4) is 0 Å². The van der Waals surface area contributed by atoms with Crippen molar-refractivity contribution in [2.75, 3.05) is 20.2 Å². The highest BCUT2D eigenvalue weighted by Gasteiger charge is 2.36. The second-order valence-electron chi connectivity index (χ2n) is 3.67. The van der Waals surface area contributed by atoms with Crippen LogP contribution in [-0.4, -0.2) is 38.1 Å². The molecule has 1 amide bonds. The Bertz CT molecular complexity index is 239. The maximum atomic E-state index is 11.3. The van der Waals surface area contributed by atoms with Gasteiger partial charge in [0.05, 0.1) is 13.7 Å². The molecule has 0 radical (unpaired) electrons. The highest BCUT2D eigenvalue weighted by Crippen LogP contribution is 2.32. The summed E-state index contributed by atoms with van der Waals surface area (Å²) in [7, 11) is 1.37. The first-order valence-electron chi connectivity index (χ1n) is 5.27. The third-order valence-electron chi connectivity index (χ3n) is 2.41. The molecule has 0 saturated heterocycles. The molecule has 1 unspecified atom stereocenters. The van der Waals surface area contributed by atoms with Crippen LogP contribution in [-0.2, 0) is 14.3 Å². The van der Waals surface area contributed by atoms with Gasteiger partial charge in [-0.3, -0.25) is 14.9 Å². The van der Waals surface area contributed by atoms with E-state index >= 15 is 0 Å². The summed E-state index contributed by atoms with van der Waals surface area (Å²) in [4.78, 5) is 22.5. The van der Waals surface area contributed by atoms with Crippen molar-refractivity contribution in [2.45, 2.75) is 25.8 Å². The molecule has 2 N–H and O–H groups in total. The van der Waals surface area contributed by atoms with Gasteiger partial charge in [-0.1, -0.05) is 0 Å². The first-order chi connectivity index (χ1) is 7.19. The van der Waals surface area contributed by atoms with Gasteiger partial charge in [-0.2, -0.15) is 0 Å². The summed E-state index contributed by atoms with van der Waals surface area (Å²) in [5.74, 6) is -0.0271. The monoisotopic (exact) mass is 214 g/mol. The summed E-state index contributed by atoms with van der Waals surface area (Å²) in [6.07, 6.45) is 2.06. The number of amides is 1. The Morgan fingerprint density at radius 3 is 2.60 bits per heavy atom. The Labute approximate surface area is 89.6 Å². The predicted octanol–water partition coefficient (Wildman–Crippen LogP) is -0.336. The number of hydrogen-bond acceptors (Lipinski definition) is 4. The molecule has 1 fully saturated rings. The van der Waals surface area contributed by atoms with Crippen LogP contribution < -0.4 is 10.6 Å². The van der Waals surface area contributed by atoms with E-state index in [1.807, 2.05) is 6.92 Å². The molecule has 0 aliphatic heterocycles. The number of likely N-dealkylation sites (N-methyl/N-ethyl adjacent to an activating group) is 1. The van der Waals surface area contributed by atoms with E-state index in [4.69, 9.17) is 0 Å². The topological polar surface area (TPSA) is 67.4 Å². The van der Waals surface area contributed by atoms with Crippen LogP contribution >= 0.6 is 0 Å². The molecule has 1 atom stereocenters. The van der Waals surface area contributed by atoms with Crippen LogP contribution in [0.2, 0.25) is 0 Å². The molecule has 1 rings (SSSR count). The van der Waals surface area contributed by atoms with Gasteiger partial charge in [-0.05, 0) is 25.7 Å². The lowest BCUT2D eigenvalue weighted by Crippen LogP contribution is -2.44. The fraction of sp³-hybridized carbons (Fsp3) is 0.800. The lowest BCUT2D eigenvalue weighted by atomic mass is 10.2. The number of ether oxygens (including phenoxy) is 1. The van der Waals surface area contributed by atoms with Crippen molar-refractivity contribution >= 4 is 11.9 Å². The quantitative estimate of drug-likeness (QED) is 0.594. The van der Waals surface area contributed by atoms with Crippen LogP contribution in [0.5, 0.6) is 0 Å². The van der Waals surface area contributed by atoms with Gasteiger partial charge in [0.2, 0.25) is 5.91 Å². The fourth-order valence-electron chi connectivity index (χ4n) is 1.46. The van der Waals surface area contributed by atoms with Gasteiger partial charge in [0.1, 0.15) is 6.04 Å². The summed E-state index contributed by atoms with van der Waals surface area (Å²) in [5, 5.41) is 5.59. The second-order valence-corrected chi connectivity index (χ2v) is 3.67. The zero-order chi connectivity index (χ0) is 11.3. The van der Waals surface area contributed by atoms with Crippen molar-refractivity contribution in [3.63, 3.8) is 0 Å². The van der Waals surface area contributed by atoms with E-state index in [0.717, 1.165) is 12.8 Å². The van der Waals surface area contributed by atoms with Gasteiger partial charge in [0, 0.05) is 6.54 Å². The van der Waals surface area contributed by atoms with Crippen LogP contribution in [0.1, 0.15) is 19.8 Å². The standard InChI is InChI=1S/C10H18N2O3/c1-3-11-8(13)6-12-9(7-4-5-7)10(14)15-2/h7,9,12H,3-6H2,1-2H3,(H,11,13). The maximum absolute atomic E-state index is 11.3. The molecule has 1 saturated carbocycles. The number of esters is 1. The van der Waals surface area contributed by atoms with E-state index in [1.54, 1.807) is 0 Å². The molecule has 5 nitrogen and oxygen atoms in total. The number of carbonyl (C=O) groups is 2. The number of carbonyl (C=O) groups excluding carboxylic acids is 2. The van der Waals surface area contributed by atoms with Gasteiger partial charge in [0.25, 0.3) is 0 Å². The molecule has 5 heteroatoms. The van der Waals surface area contributed by atoms with Gasteiger partial charge in [0.15, 0.2) is 0 Å². The molecule has 0 heterocycles. The molecular weight excluding hydrogens is 196 g/mol. The minimum absolute atomic E-state index is 0.0907. The molecular formula is C10H18N2O3. The second kappa shape index (κ2) is 5.70. The fourth-order valence-corrected chi connectivity index (χ4v) is 1.46. The zero-order valence-corrected chi connectivity index (χ0v) is 9.21. The SMILES string of the molecule is CCNC(=O)CNC(C(=O)OC)C1CC1. The molecule has 15 heavy (non-hydrogen) atoms. The minimum Gasteiger partial charge on any atom is -0.468 e. The molecule has 1 aliphatic carbocycles. The highest BCUT2D eigenvalue weighted by molar-refractivity contribution is 5.80. The lowest BCUT2D eigenvalue weighted by molar-refractivity contribution is -0.143. The average Bonchev–Trinajstić information content (AvgIpc) is 3.02. The van der Waals surface area contributed by atoms with Gasteiger partial charge in [-0.25, -0.2) is 0 Å². The number of nitrogens with one attached hydrogen (secondary N) is 2. The Morgan fingerprint density at radius 1 is 1.47 bits per heavy atom. The first-order valence-corrected chi connectivity index (χ1v) is 5.27. The number of rotatable bonds is 6. The number of hydrogen-bond donors (Lipinski definition) is 2. The van der Waals surface area contributed by atoms with E-state index in [9.17, 15) is 9.59 Å². The largest absolute Gasteiger partial charge is 0.468 e. The third-order valence-corrected chi connectivity index (χ3v) is 2.41. The van der Waals surface area contributed by atoms with E-state index in [1.165, 1.54) is 7.11 Å². The van der Waals surface area contributed by atoms with Crippen LogP contribution in [0.3, 0.4) is 0 Å². The van der Waals surface area contributed by atoms with E-state index in [-0.39, 0.29) is 24.5 Å². The third kappa shape index (κ3) is 3.87. The summed E-state index contributed by atoms with van der Waals surface area (Å²) in [6.45, 7) is 2.63. The predicted molar refractivity (Wildman–Crippen MR) is 55.2 cm³/mol. The van der Waals surface area contributed by atoms with E-state index < -0.39 is 0 Å². The van der Waals surface area contributed by atoms with Crippen LogP contribution in [0.4, 0.5) is 0 Å². The Hall–Kier alpha value is -1.10. The van der Waals surface area contributed by atoms with Crippen molar-refractivity contribution in [2.24, 2.45) is 5.92 Å². The smallest absolute Gasteiger partial charge is 0.323 e. The first kappa shape index (κ1) is 12.0. The molecule has 0 spiro atoms. The molecule has 1 aliphatic rings. The maximum Gasteiger partial charge on any atom is 0.323 e. The minimum atomic E-state index is -0.322. The Balaban J connectivity index is 2.31. The molecule has 0 aromatic rings. The summed E-state index contributed by atoms with van der Waals surface area (Å²) in [5.41, 5.74) is 0. The normalized spacial score (nSPS) is 16.9. The van der Waals surface area contributed by atoms with E-state index in [2.05, 4.69) is 15.4 Å². The van der Waals surface area contributed by atoms with Gasteiger partial charge in [-0.15, -0.1) is 0 Å². The molecule has 0 aromatic carbocycles. The summed E-state index contributed by atoms with van der Waals surface area (Å²) >= 11 is 0. The van der Waals surface area contributed by atoms with Crippen molar-refractivity contribution in [1.82, 2.24) is 10.6 Å². The Kier molecular flexibility index (Phi) is 4.55. The molecule has 0 bridgehead atoms. The van der Waals surface area contributed by atoms with Crippen LogP contribution in [0, 0.1) is 5.92 Å². The molecule has 0 aromatic heterocycles. The van der Waals surface area contributed by atoms with Crippen molar-refractivity contribution in [3.05, 3.63) is 0 Å².